The van der Waals surface area contributed by atoms with E-state index in [-0.39, 0.29) is 5.91 Å². The highest BCUT2D eigenvalue weighted by Gasteiger charge is 2.18. The Morgan fingerprint density at radius 2 is 1.89 bits per heavy atom. The van der Waals surface area contributed by atoms with Gasteiger partial charge in [0.25, 0.3) is 5.91 Å². The molecule has 0 radical (unpaired) electrons. The third-order valence-corrected chi connectivity index (χ3v) is 4.94. The maximum Gasteiger partial charge on any atom is 0.274 e. The van der Waals surface area contributed by atoms with Crippen molar-refractivity contribution in [3.8, 4) is 22.0 Å². The number of aromatic nitrogens is 2. The molecule has 0 aliphatic rings. The predicted octanol–water partition coefficient (Wildman–Crippen LogP) is 4.86. The van der Waals surface area contributed by atoms with E-state index in [1.54, 1.807) is 29.2 Å². The lowest BCUT2D eigenvalue weighted by Crippen LogP contribution is -2.16. The van der Waals surface area contributed by atoms with E-state index in [4.69, 9.17) is 4.74 Å². The molecule has 1 N–H and O–H groups in total. The highest BCUT2D eigenvalue weighted by atomic mass is 32.1. The van der Waals surface area contributed by atoms with Crippen molar-refractivity contribution in [3.63, 3.8) is 0 Å². The summed E-state index contributed by atoms with van der Waals surface area (Å²) in [5.41, 5.74) is 2.73. The smallest absolute Gasteiger partial charge is 0.274 e. The lowest BCUT2D eigenvalue weighted by atomic mass is 10.2. The summed E-state index contributed by atoms with van der Waals surface area (Å²) in [7, 11) is 1.60. The molecule has 0 aliphatic heterocycles. The van der Waals surface area contributed by atoms with Gasteiger partial charge in [0.2, 0.25) is 0 Å². The van der Waals surface area contributed by atoms with Gasteiger partial charge in [0.1, 0.15) is 17.1 Å². The maximum absolute atomic E-state index is 13.0. The van der Waals surface area contributed by atoms with Gasteiger partial charge in [-0.1, -0.05) is 30.3 Å². The van der Waals surface area contributed by atoms with Gasteiger partial charge in [0, 0.05) is 11.8 Å². The fourth-order valence-corrected chi connectivity index (χ4v) is 3.43. The maximum atomic E-state index is 13.0. The highest BCUT2D eigenvalue weighted by Crippen LogP contribution is 2.26. The normalized spacial score (nSPS) is 10.6. The van der Waals surface area contributed by atoms with Gasteiger partial charge in [-0.15, -0.1) is 11.3 Å². The summed E-state index contributed by atoms with van der Waals surface area (Å²) in [5, 5.41) is 9.58. The van der Waals surface area contributed by atoms with Crippen molar-refractivity contribution in [2.24, 2.45) is 0 Å². The van der Waals surface area contributed by atoms with E-state index in [2.05, 4.69) is 10.4 Å². The molecular formula is C21H17N3O2S. The van der Waals surface area contributed by atoms with Crippen LogP contribution in [-0.2, 0) is 0 Å². The summed E-state index contributed by atoms with van der Waals surface area (Å²) >= 11 is 1.59. The van der Waals surface area contributed by atoms with Crippen LogP contribution in [0, 0.1) is 0 Å². The van der Waals surface area contributed by atoms with Crippen LogP contribution in [0.4, 0.5) is 5.69 Å². The zero-order chi connectivity index (χ0) is 18.6. The zero-order valence-corrected chi connectivity index (χ0v) is 15.4. The number of carbonyl (C=O) groups is 1. The van der Waals surface area contributed by atoms with E-state index < -0.39 is 0 Å². The molecule has 0 spiro atoms. The molecule has 2 aromatic carbocycles. The van der Waals surface area contributed by atoms with E-state index in [0.717, 1.165) is 16.3 Å². The van der Waals surface area contributed by atoms with Crippen molar-refractivity contribution in [2.45, 2.75) is 0 Å². The SMILES string of the molecule is COc1cccc(NC(=O)c2cc(-c3cccs3)nn2-c2ccccc2)c1. The summed E-state index contributed by atoms with van der Waals surface area (Å²) in [4.78, 5) is 14.0. The summed E-state index contributed by atoms with van der Waals surface area (Å²) in [6.07, 6.45) is 0. The van der Waals surface area contributed by atoms with Crippen molar-refractivity contribution in [1.29, 1.82) is 0 Å². The standard InChI is InChI=1S/C21H17N3O2S/c1-26-17-10-5-7-15(13-17)22-21(25)19-14-18(20-11-6-12-27-20)23-24(19)16-8-3-2-4-9-16/h2-14H,1H3,(H,22,25). The number of methoxy groups -OCH3 is 1. The lowest BCUT2D eigenvalue weighted by molar-refractivity contribution is 0.101. The fourth-order valence-electron chi connectivity index (χ4n) is 2.75. The van der Waals surface area contributed by atoms with Gasteiger partial charge in [-0.05, 0) is 41.8 Å². The quantitative estimate of drug-likeness (QED) is 0.542. The van der Waals surface area contributed by atoms with Gasteiger partial charge in [-0.25, -0.2) is 4.68 Å². The first kappa shape index (κ1) is 17.1. The molecule has 5 nitrogen and oxygen atoms in total. The molecule has 2 heterocycles. The molecule has 0 atom stereocenters. The van der Waals surface area contributed by atoms with Crippen molar-refractivity contribution >= 4 is 22.9 Å². The molecule has 4 rings (SSSR count). The first-order valence-electron chi connectivity index (χ1n) is 8.39. The molecule has 0 aliphatic carbocycles. The van der Waals surface area contributed by atoms with Crippen LogP contribution in [-0.4, -0.2) is 22.8 Å². The van der Waals surface area contributed by atoms with E-state index in [0.29, 0.717) is 17.1 Å². The topological polar surface area (TPSA) is 56.1 Å². The molecule has 2 aromatic heterocycles. The van der Waals surface area contributed by atoms with Crippen LogP contribution in [0.3, 0.4) is 0 Å². The summed E-state index contributed by atoms with van der Waals surface area (Å²) in [5.74, 6) is 0.450. The van der Waals surface area contributed by atoms with Gasteiger partial charge in [-0.2, -0.15) is 5.10 Å². The van der Waals surface area contributed by atoms with Crippen LogP contribution in [0.15, 0.2) is 78.2 Å². The minimum absolute atomic E-state index is 0.234. The number of thiophene rings is 1. The third-order valence-electron chi connectivity index (χ3n) is 4.04. The van der Waals surface area contributed by atoms with Crippen molar-refractivity contribution in [3.05, 3.63) is 83.9 Å². The molecule has 0 saturated carbocycles. The van der Waals surface area contributed by atoms with Gasteiger partial charge in [-0.3, -0.25) is 4.79 Å². The number of hydrogen-bond acceptors (Lipinski definition) is 4. The Morgan fingerprint density at radius 1 is 1.04 bits per heavy atom. The largest absolute Gasteiger partial charge is 0.497 e. The van der Waals surface area contributed by atoms with Crippen LogP contribution >= 0.6 is 11.3 Å². The van der Waals surface area contributed by atoms with Crippen LogP contribution in [0.1, 0.15) is 10.5 Å². The summed E-state index contributed by atoms with van der Waals surface area (Å²) in [6, 6.07) is 22.7. The van der Waals surface area contributed by atoms with E-state index in [9.17, 15) is 4.79 Å². The van der Waals surface area contributed by atoms with Crippen molar-refractivity contribution in [1.82, 2.24) is 9.78 Å². The summed E-state index contributed by atoms with van der Waals surface area (Å²) in [6.45, 7) is 0. The van der Waals surface area contributed by atoms with Crippen LogP contribution in [0.5, 0.6) is 5.75 Å². The zero-order valence-electron chi connectivity index (χ0n) is 14.6. The molecular weight excluding hydrogens is 358 g/mol. The number of anilines is 1. The Bertz CT molecular complexity index is 1060. The molecule has 1 amide bonds. The van der Waals surface area contributed by atoms with E-state index in [1.165, 1.54) is 0 Å². The fraction of sp³-hybridized carbons (Fsp3) is 0.0476. The Balaban J connectivity index is 1.72. The third kappa shape index (κ3) is 3.61. The number of rotatable bonds is 5. The average molecular weight is 375 g/mol. The second-order valence-corrected chi connectivity index (χ2v) is 6.77. The minimum atomic E-state index is -0.234. The van der Waals surface area contributed by atoms with E-state index >= 15 is 0 Å². The highest BCUT2D eigenvalue weighted by molar-refractivity contribution is 7.13. The number of carbonyl (C=O) groups excluding carboxylic acids is 1. The van der Waals surface area contributed by atoms with Crippen LogP contribution in [0.25, 0.3) is 16.3 Å². The molecule has 0 bridgehead atoms. The van der Waals surface area contributed by atoms with Crippen LogP contribution < -0.4 is 10.1 Å². The van der Waals surface area contributed by atoms with Crippen molar-refractivity contribution in [2.75, 3.05) is 12.4 Å². The molecule has 0 saturated heterocycles. The first-order valence-corrected chi connectivity index (χ1v) is 9.27. The predicted molar refractivity (Wildman–Crippen MR) is 108 cm³/mol. The number of nitrogens with one attached hydrogen (secondary N) is 1. The number of ether oxygens (including phenoxy) is 1. The molecule has 0 fully saturated rings. The van der Waals surface area contributed by atoms with Gasteiger partial charge < -0.3 is 10.1 Å². The molecule has 4 aromatic rings. The number of para-hydroxylation sites is 1. The van der Waals surface area contributed by atoms with Gasteiger partial charge in [0.05, 0.1) is 17.7 Å². The Labute approximate surface area is 160 Å². The first-order chi connectivity index (χ1) is 13.2. The Morgan fingerprint density at radius 3 is 2.63 bits per heavy atom. The monoisotopic (exact) mass is 375 g/mol. The van der Waals surface area contributed by atoms with Crippen LogP contribution in [0.2, 0.25) is 0 Å². The number of nitrogens with zero attached hydrogens (tertiary/aromatic N) is 2. The molecule has 0 unspecified atom stereocenters. The second kappa shape index (κ2) is 7.47. The number of amides is 1. The Hall–Kier alpha value is -3.38. The minimum Gasteiger partial charge on any atom is -0.497 e. The summed E-state index contributed by atoms with van der Waals surface area (Å²) < 4.78 is 6.89. The van der Waals surface area contributed by atoms with Crippen molar-refractivity contribution < 1.29 is 9.53 Å². The van der Waals surface area contributed by atoms with Gasteiger partial charge in [0.15, 0.2) is 0 Å². The molecule has 6 heteroatoms. The second-order valence-electron chi connectivity index (χ2n) is 5.83. The molecule has 27 heavy (non-hydrogen) atoms. The van der Waals surface area contributed by atoms with E-state index in [1.807, 2.05) is 72.1 Å². The number of benzene rings is 2. The lowest BCUT2D eigenvalue weighted by Gasteiger charge is -2.09. The number of hydrogen-bond donors (Lipinski definition) is 1. The Kier molecular flexibility index (Phi) is 4.72. The molecule has 134 valence electrons. The van der Waals surface area contributed by atoms with Gasteiger partial charge >= 0.3 is 0 Å². The average Bonchev–Trinajstić information content (AvgIpc) is 3.38.